The summed E-state index contributed by atoms with van der Waals surface area (Å²) in [6.07, 6.45) is 1.23. The maximum Gasteiger partial charge on any atom is 0.310 e. The second-order valence-electron chi connectivity index (χ2n) is 5.50. The lowest BCUT2D eigenvalue weighted by atomic mass is 9.84. The van der Waals surface area contributed by atoms with Gasteiger partial charge in [0.25, 0.3) is 0 Å². The van der Waals surface area contributed by atoms with Crippen molar-refractivity contribution in [2.24, 2.45) is 5.41 Å². The quantitative estimate of drug-likeness (QED) is 0.902. The van der Waals surface area contributed by atoms with E-state index in [-0.39, 0.29) is 11.9 Å². The molecule has 0 spiro atoms. The topological polar surface area (TPSA) is 40.5 Å². The summed E-state index contributed by atoms with van der Waals surface area (Å²) in [6.45, 7) is 5.00. The largest absolute Gasteiger partial charge is 0.481 e. The zero-order valence-electron chi connectivity index (χ0n) is 11.7. The Morgan fingerprint density at radius 1 is 1.60 bits per heavy atom. The Hall–Kier alpha value is -0.940. The minimum absolute atomic E-state index is 0.125. The summed E-state index contributed by atoms with van der Waals surface area (Å²) < 4.78 is 14.8. The average Bonchev–Trinajstić information content (AvgIpc) is 2.86. The highest BCUT2D eigenvalue weighted by molar-refractivity contribution is 9.10. The number of hydrogen-bond acceptors (Lipinski definition) is 2. The van der Waals surface area contributed by atoms with Crippen molar-refractivity contribution in [1.82, 2.24) is 4.90 Å². The third-order valence-electron chi connectivity index (χ3n) is 4.47. The van der Waals surface area contributed by atoms with E-state index in [9.17, 15) is 14.3 Å². The third-order valence-corrected chi connectivity index (χ3v) is 4.96. The van der Waals surface area contributed by atoms with E-state index in [1.54, 1.807) is 12.1 Å². The number of carbonyl (C=O) groups is 1. The molecule has 0 radical (unpaired) electrons. The lowest BCUT2D eigenvalue weighted by Gasteiger charge is -2.28. The third kappa shape index (κ3) is 2.74. The molecule has 1 fully saturated rings. The van der Waals surface area contributed by atoms with Crippen LogP contribution in [0.3, 0.4) is 0 Å². The highest BCUT2D eigenvalue weighted by Gasteiger charge is 2.44. The molecular weight excluding hydrogens is 325 g/mol. The van der Waals surface area contributed by atoms with Crippen LogP contribution in [0.15, 0.2) is 22.7 Å². The minimum Gasteiger partial charge on any atom is -0.481 e. The molecular formula is C15H19BrFNO2. The first-order valence-electron chi connectivity index (χ1n) is 6.82. The van der Waals surface area contributed by atoms with Gasteiger partial charge in [-0.05, 0) is 44.5 Å². The van der Waals surface area contributed by atoms with Crippen LogP contribution in [0, 0.1) is 11.2 Å². The molecule has 1 N–H and O–H groups in total. The van der Waals surface area contributed by atoms with Gasteiger partial charge in [0.1, 0.15) is 5.82 Å². The highest BCUT2D eigenvalue weighted by atomic mass is 79.9. The molecule has 0 aliphatic carbocycles. The molecule has 2 rings (SSSR count). The van der Waals surface area contributed by atoms with E-state index in [4.69, 9.17) is 0 Å². The van der Waals surface area contributed by atoms with Crippen molar-refractivity contribution in [3.63, 3.8) is 0 Å². The molecule has 20 heavy (non-hydrogen) atoms. The first kappa shape index (κ1) is 15.4. The number of carboxylic acids is 1. The van der Waals surface area contributed by atoms with Crippen molar-refractivity contribution >= 4 is 21.9 Å². The van der Waals surface area contributed by atoms with Gasteiger partial charge in [0.15, 0.2) is 0 Å². The SMILES string of the molecule is CCC1(C(=O)O)CCN(C(C)c2cc(Br)ccc2F)C1. The first-order valence-corrected chi connectivity index (χ1v) is 7.61. The van der Waals surface area contributed by atoms with Crippen molar-refractivity contribution in [1.29, 1.82) is 0 Å². The molecule has 0 saturated carbocycles. The summed E-state index contributed by atoms with van der Waals surface area (Å²) in [5, 5.41) is 9.42. The number of rotatable bonds is 4. The molecule has 1 aromatic rings. The van der Waals surface area contributed by atoms with E-state index < -0.39 is 11.4 Å². The van der Waals surface area contributed by atoms with Gasteiger partial charge in [0.05, 0.1) is 5.41 Å². The summed E-state index contributed by atoms with van der Waals surface area (Å²) in [5.41, 5.74) is -0.0758. The molecule has 1 aliphatic heterocycles. The van der Waals surface area contributed by atoms with Crippen LogP contribution in [-0.2, 0) is 4.79 Å². The number of aliphatic carboxylic acids is 1. The Bertz CT molecular complexity index is 523. The fraction of sp³-hybridized carbons (Fsp3) is 0.533. The van der Waals surface area contributed by atoms with E-state index in [0.717, 1.165) is 4.47 Å². The van der Waals surface area contributed by atoms with Crippen LogP contribution in [0.25, 0.3) is 0 Å². The van der Waals surface area contributed by atoms with Gasteiger partial charge in [-0.25, -0.2) is 4.39 Å². The number of benzene rings is 1. The van der Waals surface area contributed by atoms with Crippen molar-refractivity contribution in [2.75, 3.05) is 13.1 Å². The van der Waals surface area contributed by atoms with Gasteiger partial charge < -0.3 is 5.11 Å². The second-order valence-corrected chi connectivity index (χ2v) is 6.42. The van der Waals surface area contributed by atoms with Gasteiger partial charge >= 0.3 is 5.97 Å². The molecule has 0 aromatic heterocycles. The molecule has 0 amide bonds. The van der Waals surface area contributed by atoms with E-state index in [1.165, 1.54) is 6.07 Å². The lowest BCUT2D eigenvalue weighted by Crippen LogP contribution is -2.35. The van der Waals surface area contributed by atoms with E-state index in [1.807, 2.05) is 13.8 Å². The van der Waals surface area contributed by atoms with Crippen molar-refractivity contribution in [2.45, 2.75) is 32.7 Å². The molecule has 1 heterocycles. The zero-order valence-corrected chi connectivity index (χ0v) is 13.3. The smallest absolute Gasteiger partial charge is 0.310 e. The Morgan fingerprint density at radius 2 is 2.30 bits per heavy atom. The molecule has 110 valence electrons. The first-order chi connectivity index (χ1) is 9.39. The van der Waals surface area contributed by atoms with Crippen LogP contribution in [0.2, 0.25) is 0 Å². The molecule has 1 aliphatic rings. The van der Waals surface area contributed by atoms with Crippen molar-refractivity contribution < 1.29 is 14.3 Å². The van der Waals surface area contributed by atoms with Gasteiger partial charge in [-0.3, -0.25) is 9.69 Å². The van der Waals surface area contributed by atoms with Crippen LogP contribution in [-0.4, -0.2) is 29.1 Å². The Labute approximate surface area is 126 Å². The summed E-state index contributed by atoms with van der Waals surface area (Å²) in [4.78, 5) is 13.5. The zero-order chi connectivity index (χ0) is 14.9. The second kappa shape index (κ2) is 5.82. The summed E-state index contributed by atoms with van der Waals surface area (Å²) in [5.74, 6) is -0.991. The maximum absolute atomic E-state index is 13.9. The Kier molecular flexibility index (Phi) is 4.49. The Balaban J connectivity index is 2.21. The van der Waals surface area contributed by atoms with Crippen molar-refractivity contribution in [3.05, 3.63) is 34.1 Å². The van der Waals surface area contributed by atoms with Crippen LogP contribution in [0.1, 0.15) is 38.3 Å². The fourth-order valence-electron chi connectivity index (χ4n) is 2.88. The number of carboxylic acid groups (broad SMARTS) is 1. The standard InChI is InChI=1S/C15H19BrFNO2/c1-3-15(14(19)20)6-7-18(9-15)10(2)12-8-11(16)4-5-13(12)17/h4-5,8,10H,3,6-7,9H2,1-2H3,(H,19,20). The van der Waals surface area contributed by atoms with Gasteiger partial charge in [-0.1, -0.05) is 22.9 Å². The van der Waals surface area contributed by atoms with Crippen LogP contribution < -0.4 is 0 Å². The predicted molar refractivity (Wildman–Crippen MR) is 79.1 cm³/mol. The molecule has 5 heteroatoms. The predicted octanol–water partition coefficient (Wildman–Crippen LogP) is 3.84. The van der Waals surface area contributed by atoms with Crippen LogP contribution >= 0.6 is 15.9 Å². The molecule has 1 saturated heterocycles. The number of likely N-dealkylation sites (tertiary alicyclic amines) is 1. The highest BCUT2D eigenvalue weighted by Crippen LogP contribution is 2.39. The summed E-state index contributed by atoms with van der Waals surface area (Å²) >= 11 is 3.35. The minimum atomic E-state index is -0.746. The molecule has 2 unspecified atom stereocenters. The monoisotopic (exact) mass is 343 g/mol. The summed E-state index contributed by atoms with van der Waals surface area (Å²) in [6, 6.07) is 4.76. The maximum atomic E-state index is 13.9. The van der Waals surface area contributed by atoms with E-state index in [0.29, 0.717) is 31.5 Å². The normalized spacial score (nSPS) is 24.8. The Morgan fingerprint density at radius 3 is 2.85 bits per heavy atom. The number of hydrogen-bond donors (Lipinski definition) is 1. The van der Waals surface area contributed by atoms with Crippen molar-refractivity contribution in [3.8, 4) is 0 Å². The van der Waals surface area contributed by atoms with Gasteiger partial charge in [-0.15, -0.1) is 0 Å². The van der Waals surface area contributed by atoms with Gasteiger partial charge in [0.2, 0.25) is 0 Å². The average molecular weight is 344 g/mol. The van der Waals surface area contributed by atoms with Gasteiger partial charge in [-0.2, -0.15) is 0 Å². The van der Waals surface area contributed by atoms with Gasteiger partial charge in [0, 0.05) is 22.6 Å². The fourth-order valence-corrected chi connectivity index (χ4v) is 3.26. The molecule has 3 nitrogen and oxygen atoms in total. The molecule has 0 bridgehead atoms. The number of nitrogens with zero attached hydrogens (tertiary/aromatic N) is 1. The lowest BCUT2D eigenvalue weighted by molar-refractivity contribution is -0.148. The number of halogens is 2. The molecule has 2 atom stereocenters. The van der Waals surface area contributed by atoms with E-state index >= 15 is 0 Å². The molecule has 1 aromatic carbocycles. The van der Waals surface area contributed by atoms with E-state index in [2.05, 4.69) is 20.8 Å². The van der Waals surface area contributed by atoms with Crippen LogP contribution in [0.5, 0.6) is 0 Å². The summed E-state index contributed by atoms with van der Waals surface area (Å²) in [7, 11) is 0. The van der Waals surface area contributed by atoms with Crippen LogP contribution in [0.4, 0.5) is 4.39 Å².